The molecule has 0 aromatic carbocycles. The summed E-state index contributed by atoms with van der Waals surface area (Å²) < 4.78 is 19.2. The molecule has 2 nitrogen and oxygen atoms in total. The number of alkyl halides is 2. The monoisotopic (exact) mass is 102 g/mol. The maximum Gasteiger partial charge on any atom is 0.229 e. The van der Waals surface area contributed by atoms with Crippen molar-refractivity contribution < 1.29 is 19.4 Å². The van der Waals surface area contributed by atoms with Crippen molar-refractivity contribution in [3.05, 3.63) is 0 Å². The summed E-state index contributed by atoms with van der Waals surface area (Å²) in [4.78, 5) is 0. The van der Waals surface area contributed by atoms with Gasteiger partial charge >= 0.3 is 0 Å². The van der Waals surface area contributed by atoms with Crippen LogP contribution in [0.15, 0.2) is 0 Å². The van der Waals surface area contributed by atoms with Crippen molar-refractivity contribution in [1.29, 1.82) is 0 Å². The van der Waals surface area contributed by atoms with Gasteiger partial charge in [0.05, 0.1) is 0 Å². The van der Waals surface area contributed by atoms with Crippen LogP contribution < -0.4 is 0 Å². The van der Waals surface area contributed by atoms with E-state index in [-0.39, 0.29) is 5.48 Å². The maximum atomic E-state index is 9.62. The minimum atomic E-state index is -1.75. The summed E-state index contributed by atoms with van der Waals surface area (Å²) in [5, 5.41) is 7.00. The Labute approximate surface area is 34.7 Å². The van der Waals surface area contributed by atoms with Crippen molar-refractivity contribution in [2.75, 3.05) is 14.0 Å². The highest BCUT2D eigenvalue weighted by molar-refractivity contribution is 3.57. The zero-order valence-corrected chi connectivity index (χ0v) is 3.41. The van der Waals surface area contributed by atoms with Gasteiger partial charge in [-0.3, -0.25) is 0 Å². The Morgan fingerprint density at radius 2 is 1.33 bits per heavy atom. The van der Waals surface area contributed by atoms with Gasteiger partial charge in [-0.05, 0) is 0 Å². The lowest BCUT2D eigenvalue weighted by atomic mass is 11.7. The molecule has 0 bridgehead atoms. The van der Waals surface area contributed by atoms with E-state index in [9.17, 15) is 8.78 Å². The third-order valence-corrected chi connectivity index (χ3v) is 0. The van der Waals surface area contributed by atoms with Gasteiger partial charge in [0.25, 0.3) is 0 Å². The van der Waals surface area contributed by atoms with E-state index in [1.165, 1.54) is 0 Å². The average Bonchev–Trinajstić information content (AvgIpc) is 1.46. The SMILES string of the molecule is CO.FCF.O. The Bertz CT molecular complexity index is 9.51. The Kier molecular flexibility index (Phi) is 320. The minimum Gasteiger partial charge on any atom is -0.412 e. The van der Waals surface area contributed by atoms with Gasteiger partial charge in [-0.2, -0.15) is 0 Å². The van der Waals surface area contributed by atoms with Crippen LogP contribution in [0.1, 0.15) is 0 Å². The topological polar surface area (TPSA) is 51.7 Å². The lowest BCUT2D eigenvalue weighted by Gasteiger charge is -1.42. The van der Waals surface area contributed by atoms with Gasteiger partial charge in [-0.1, -0.05) is 0 Å². The zero-order valence-electron chi connectivity index (χ0n) is 3.41. The number of aliphatic hydroxyl groups excluding tert-OH is 1. The van der Waals surface area contributed by atoms with Gasteiger partial charge in [0.1, 0.15) is 0 Å². The largest absolute Gasteiger partial charge is 0.412 e. The fourth-order valence-electron chi connectivity index (χ4n) is 0. The molecule has 0 aliphatic heterocycles. The van der Waals surface area contributed by atoms with E-state index in [0.717, 1.165) is 7.11 Å². The second-order valence-corrected chi connectivity index (χ2v) is 0.101. The second-order valence-electron chi connectivity index (χ2n) is 0.101. The van der Waals surface area contributed by atoms with Gasteiger partial charge in [-0.15, -0.1) is 0 Å². The molecule has 0 fully saturated rings. The quantitative estimate of drug-likeness (QED) is 0.447. The molecule has 42 valence electrons. The Morgan fingerprint density at radius 1 is 1.33 bits per heavy atom. The van der Waals surface area contributed by atoms with Crippen LogP contribution >= 0.6 is 0 Å². The second kappa shape index (κ2) is 112. The molecule has 0 aliphatic rings. The number of hydrogen-bond donors (Lipinski definition) is 1. The number of rotatable bonds is 0. The molecule has 0 rings (SSSR count). The van der Waals surface area contributed by atoms with Crippen LogP contribution in [0.25, 0.3) is 0 Å². The van der Waals surface area contributed by atoms with Crippen LogP contribution in [-0.2, 0) is 0 Å². The van der Waals surface area contributed by atoms with Crippen molar-refractivity contribution in [3.8, 4) is 0 Å². The summed E-state index contributed by atoms with van der Waals surface area (Å²) in [6.07, 6.45) is 0. The first-order valence-electron chi connectivity index (χ1n) is 0.982. The molecule has 0 atom stereocenters. The first kappa shape index (κ1) is 17.1. The highest BCUT2D eigenvalue weighted by atomic mass is 19.3. The van der Waals surface area contributed by atoms with E-state index < -0.39 is 6.93 Å². The van der Waals surface area contributed by atoms with Crippen LogP contribution in [-0.4, -0.2) is 24.6 Å². The van der Waals surface area contributed by atoms with Crippen molar-refractivity contribution >= 4 is 0 Å². The van der Waals surface area contributed by atoms with Crippen LogP contribution in [0.5, 0.6) is 0 Å². The summed E-state index contributed by atoms with van der Waals surface area (Å²) in [7, 11) is 1.00. The first-order valence-corrected chi connectivity index (χ1v) is 0.982. The summed E-state index contributed by atoms with van der Waals surface area (Å²) in [5.41, 5.74) is 0. The summed E-state index contributed by atoms with van der Waals surface area (Å²) in [6.45, 7) is -1.75. The first-order chi connectivity index (χ1) is 2.41. The van der Waals surface area contributed by atoms with Crippen LogP contribution in [0, 0.1) is 0 Å². The van der Waals surface area contributed by atoms with E-state index in [1.807, 2.05) is 0 Å². The fraction of sp³-hybridized carbons (Fsp3) is 1.00. The Morgan fingerprint density at radius 3 is 1.33 bits per heavy atom. The third kappa shape index (κ3) is 604. The van der Waals surface area contributed by atoms with Crippen molar-refractivity contribution in [3.63, 3.8) is 0 Å². The molecule has 4 heteroatoms. The molecule has 6 heavy (non-hydrogen) atoms. The van der Waals surface area contributed by atoms with Crippen LogP contribution in [0.3, 0.4) is 0 Å². The lowest BCUT2D eigenvalue weighted by molar-refractivity contribution is 0.295. The highest BCUT2D eigenvalue weighted by Crippen LogP contribution is 1.56. The van der Waals surface area contributed by atoms with Gasteiger partial charge in [-0.25, -0.2) is 8.78 Å². The molecule has 0 amide bonds. The molecule has 0 aromatic heterocycles. The molecule has 0 saturated heterocycles. The van der Waals surface area contributed by atoms with Crippen LogP contribution in [0.4, 0.5) is 8.78 Å². The maximum absolute atomic E-state index is 9.62. The van der Waals surface area contributed by atoms with E-state index in [0.29, 0.717) is 0 Å². The molecular weight excluding hydrogens is 94.0 g/mol. The smallest absolute Gasteiger partial charge is 0.229 e. The van der Waals surface area contributed by atoms with Gasteiger partial charge < -0.3 is 10.6 Å². The Hall–Kier alpha value is -0.220. The highest BCUT2D eigenvalue weighted by Gasteiger charge is 1.44. The third-order valence-electron chi connectivity index (χ3n) is 0. The zero-order chi connectivity index (χ0) is 4.71. The summed E-state index contributed by atoms with van der Waals surface area (Å²) in [5.74, 6) is 0. The van der Waals surface area contributed by atoms with E-state index in [2.05, 4.69) is 0 Å². The molecule has 0 aliphatic carbocycles. The van der Waals surface area contributed by atoms with Gasteiger partial charge in [0.15, 0.2) is 0 Å². The molecule has 0 unspecified atom stereocenters. The predicted octanol–water partition coefficient (Wildman–Crippen LogP) is -0.333. The van der Waals surface area contributed by atoms with Gasteiger partial charge in [0.2, 0.25) is 6.93 Å². The van der Waals surface area contributed by atoms with Crippen molar-refractivity contribution in [1.82, 2.24) is 0 Å². The molecule has 0 radical (unpaired) electrons. The predicted molar refractivity (Wildman–Crippen MR) is 18.8 cm³/mol. The normalized spacial score (nSPS) is 4.00. The molecule has 0 saturated carbocycles. The molecule has 3 N–H and O–H groups in total. The molecular formula is C2H8F2O2. The van der Waals surface area contributed by atoms with E-state index in [1.54, 1.807) is 0 Å². The summed E-state index contributed by atoms with van der Waals surface area (Å²) >= 11 is 0. The summed E-state index contributed by atoms with van der Waals surface area (Å²) in [6, 6.07) is 0. The van der Waals surface area contributed by atoms with Crippen molar-refractivity contribution in [2.45, 2.75) is 0 Å². The molecule has 0 aromatic rings. The fourth-order valence-corrected chi connectivity index (χ4v) is 0. The number of halogens is 2. The number of hydrogen-bond acceptors (Lipinski definition) is 1. The van der Waals surface area contributed by atoms with E-state index in [4.69, 9.17) is 5.11 Å². The molecule has 0 spiro atoms. The lowest BCUT2D eigenvalue weighted by Crippen LogP contribution is -1.34. The molecule has 0 heterocycles. The Balaban J connectivity index is -0.0000000275. The minimum absolute atomic E-state index is 0. The van der Waals surface area contributed by atoms with E-state index >= 15 is 0 Å². The standard InChI is InChI=1S/CH2F2.CH4O.H2O/c2-1-3;1-2;/h1H2;2H,1H3;1H2. The van der Waals surface area contributed by atoms with Crippen molar-refractivity contribution in [2.24, 2.45) is 0 Å². The van der Waals surface area contributed by atoms with Gasteiger partial charge in [0, 0.05) is 7.11 Å². The van der Waals surface area contributed by atoms with Crippen LogP contribution in [0.2, 0.25) is 0 Å². The number of aliphatic hydroxyl groups is 1. The average molecular weight is 102 g/mol.